The second-order valence-electron chi connectivity index (χ2n) is 4.91. The van der Waals surface area contributed by atoms with Gasteiger partial charge in [-0.1, -0.05) is 12.1 Å². The zero-order chi connectivity index (χ0) is 15.4. The number of nitrogens with two attached hydrogens (primary N) is 1. The summed E-state index contributed by atoms with van der Waals surface area (Å²) >= 11 is 0. The zero-order valence-electron chi connectivity index (χ0n) is 12.2. The predicted octanol–water partition coefficient (Wildman–Crippen LogP) is 1.54. The minimum absolute atomic E-state index is 0.207. The van der Waals surface area contributed by atoms with E-state index in [9.17, 15) is 9.18 Å². The summed E-state index contributed by atoms with van der Waals surface area (Å²) in [6.07, 6.45) is 1.63. The summed E-state index contributed by atoms with van der Waals surface area (Å²) in [5.74, 6) is -0.344. The lowest BCUT2D eigenvalue weighted by Gasteiger charge is -2.17. The van der Waals surface area contributed by atoms with E-state index in [0.29, 0.717) is 5.56 Å². The molecule has 1 heterocycles. The standard InChI is InChI=1S/C15H19FN4O/c1-3-19(2)13-8-15(21)20(18-9-13)10-14(17)11-5-4-6-12(16)7-11/h4-9,14H,3,10,17H2,1-2H3. The Bertz CT molecular complexity index is 671. The number of aromatic nitrogens is 2. The second kappa shape index (κ2) is 6.49. The fourth-order valence-electron chi connectivity index (χ4n) is 1.98. The van der Waals surface area contributed by atoms with Crippen molar-refractivity contribution in [2.75, 3.05) is 18.5 Å². The van der Waals surface area contributed by atoms with Crippen molar-refractivity contribution in [3.63, 3.8) is 0 Å². The molecular weight excluding hydrogens is 271 g/mol. The Hall–Kier alpha value is -2.21. The molecule has 21 heavy (non-hydrogen) atoms. The van der Waals surface area contributed by atoms with Gasteiger partial charge in [0.1, 0.15) is 5.82 Å². The third-order valence-electron chi connectivity index (χ3n) is 3.42. The molecule has 0 radical (unpaired) electrons. The molecule has 2 rings (SSSR count). The van der Waals surface area contributed by atoms with Gasteiger partial charge in [0.2, 0.25) is 0 Å². The molecule has 112 valence electrons. The molecule has 2 N–H and O–H groups in total. The Morgan fingerprint density at radius 2 is 2.19 bits per heavy atom. The lowest BCUT2D eigenvalue weighted by molar-refractivity contribution is 0.501. The van der Waals surface area contributed by atoms with Crippen molar-refractivity contribution in [3.8, 4) is 0 Å². The summed E-state index contributed by atoms with van der Waals surface area (Å²) in [5, 5.41) is 4.12. The highest BCUT2D eigenvalue weighted by Gasteiger charge is 2.10. The van der Waals surface area contributed by atoms with E-state index >= 15 is 0 Å². The maximum absolute atomic E-state index is 13.2. The largest absolute Gasteiger partial charge is 0.373 e. The van der Waals surface area contributed by atoms with Crippen LogP contribution in [0.25, 0.3) is 0 Å². The predicted molar refractivity (Wildman–Crippen MR) is 80.8 cm³/mol. The fraction of sp³-hybridized carbons (Fsp3) is 0.333. The number of hydrogen-bond donors (Lipinski definition) is 1. The molecule has 0 aliphatic rings. The normalized spacial score (nSPS) is 12.2. The molecule has 0 spiro atoms. The molecule has 1 aromatic heterocycles. The van der Waals surface area contributed by atoms with Gasteiger partial charge in [-0.15, -0.1) is 0 Å². The molecular formula is C15H19FN4O. The summed E-state index contributed by atoms with van der Waals surface area (Å²) in [6, 6.07) is 7.10. The van der Waals surface area contributed by atoms with Gasteiger partial charge < -0.3 is 10.6 Å². The van der Waals surface area contributed by atoms with Crippen LogP contribution in [-0.2, 0) is 6.54 Å². The first-order chi connectivity index (χ1) is 10.0. The molecule has 0 fully saturated rings. The summed E-state index contributed by atoms with van der Waals surface area (Å²) in [7, 11) is 1.89. The van der Waals surface area contributed by atoms with Crippen molar-refractivity contribution in [1.82, 2.24) is 9.78 Å². The molecule has 0 aliphatic heterocycles. The van der Waals surface area contributed by atoms with Crippen LogP contribution in [0.15, 0.2) is 41.3 Å². The average molecular weight is 290 g/mol. The van der Waals surface area contributed by atoms with Gasteiger partial charge in [-0.2, -0.15) is 5.10 Å². The van der Waals surface area contributed by atoms with E-state index in [4.69, 9.17) is 5.73 Å². The van der Waals surface area contributed by atoms with Crippen LogP contribution in [0.3, 0.4) is 0 Å². The first-order valence-corrected chi connectivity index (χ1v) is 6.80. The van der Waals surface area contributed by atoms with Gasteiger partial charge in [-0.05, 0) is 24.6 Å². The van der Waals surface area contributed by atoms with E-state index < -0.39 is 6.04 Å². The number of anilines is 1. The van der Waals surface area contributed by atoms with Crippen molar-refractivity contribution >= 4 is 5.69 Å². The van der Waals surface area contributed by atoms with E-state index in [2.05, 4.69) is 5.10 Å². The van der Waals surface area contributed by atoms with Gasteiger partial charge in [0, 0.05) is 25.7 Å². The first kappa shape index (κ1) is 15.2. The van der Waals surface area contributed by atoms with Gasteiger partial charge in [0.15, 0.2) is 0 Å². The molecule has 1 unspecified atom stereocenters. The van der Waals surface area contributed by atoms with Gasteiger partial charge in [-0.3, -0.25) is 4.79 Å². The van der Waals surface area contributed by atoms with E-state index in [0.717, 1.165) is 12.2 Å². The Kier molecular flexibility index (Phi) is 4.70. The van der Waals surface area contributed by atoms with Crippen molar-refractivity contribution in [2.45, 2.75) is 19.5 Å². The Labute approximate surface area is 122 Å². The highest BCUT2D eigenvalue weighted by molar-refractivity contribution is 5.41. The van der Waals surface area contributed by atoms with Crippen LogP contribution in [0.5, 0.6) is 0 Å². The van der Waals surface area contributed by atoms with Crippen LogP contribution in [0.4, 0.5) is 10.1 Å². The van der Waals surface area contributed by atoms with Crippen molar-refractivity contribution < 1.29 is 4.39 Å². The monoisotopic (exact) mass is 290 g/mol. The van der Waals surface area contributed by atoms with Gasteiger partial charge in [-0.25, -0.2) is 9.07 Å². The first-order valence-electron chi connectivity index (χ1n) is 6.80. The third-order valence-corrected chi connectivity index (χ3v) is 3.42. The van der Waals surface area contributed by atoms with Crippen LogP contribution >= 0.6 is 0 Å². The summed E-state index contributed by atoms with van der Waals surface area (Å²) in [6.45, 7) is 2.98. The van der Waals surface area contributed by atoms with Crippen molar-refractivity contribution in [2.24, 2.45) is 5.73 Å². The molecule has 6 heteroatoms. The van der Waals surface area contributed by atoms with E-state index in [1.165, 1.54) is 22.9 Å². The maximum Gasteiger partial charge on any atom is 0.268 e. The van der Waals surface area contributed by atoms with Crippen LogP contribution in [0, 0.1) is 5.82 Å². The Balaban J connectivity index is 2.18. The number of nitrogens with zero attached hydrogens (tertiary/aromatic N) is 3. The highest BCUT2D eigenvalue weighted by Crippen LogP contribution is 2.13. The lowest BCUT2D eigenvalue weighted by Crippen LogP contribution is -2.29. The number of hydrogen-bond acceptors (Lipinski definition) is 4. The third kappa shape index (κ3) is 3.66. The van der Waals surface area contributed by atoms with Crippen LogP contribution in [0.1, 0.15) is 18.5 Å². The summed E-state index contributed by atoms with van der Waals surface area (Å²) in [4.78, 5) is 14.0. The quantitative estimate of drug-likeness (QED) is 0.907. The fourth-order valence-corrected chi connectivity index (χ4v) is 1.98. The molecule has 0 saturated carbocycles. The minimum Gasteiger partial charge on any atom is -0.373 e. The highest BCUT2D eigenvalue weighted by atomic mass is 19.1. The van der Waals surface area contributed by atoms with E-state index in [1.54, 1.807) is 18.3 Å². The van der Waals surface area contributed by atoms with Gasteiger partial charge in [0.05, 0.1) is 18.4 Å². The Morgan fingerprint density at radius 1 is 1.43 bits per heavy atom. The lowest BCUT2D eigenvalue weighted by atomic mass is 10.1. The molecule has 0 amide bonds. The van der Waals surface area contributed by atoms with Crippen LogP contribution in [-0.4, -0.2) is 23.4 Å². The summed E-state index contributed by atoms with van der Waals surface area (Å²) in [5.41, 5.74) is 7.19. The molecule has 2 aromatic rings. The summed E-state index contributed by atoms with van der Waals surface area (Å²) < 4.78 is 14.5. The maximum atomic E-state index is 13.2. The average Bonchev–Trinajstić information content (AvgIpc) is 2.48. The van der Waals surface area contributed by atoms with Crippen molar-refractivity contribution in [1.29, 1.82) is 0 Å². The van der Waals surface area contributed by atoms with Crippen LogP contribution in [0.2, 0.25) is 0 Å². The van der Waals surface area contributed by atoms with Crippen molar-refractivity contribution in [3.05, 3.63) is 58.3 Å². The molecule has 1 aromatic carbocycles. The number of rotatable bonds is 5. The minimum atomic E-state index is -0.486. The number of halogens is 1. The molecule has 1 atom stereocenters. The molecule has 0 saturated heterocycles. The van der Waals surface area contributed by atoms with Gasteiger partial charge >= 0.3 is 0 Å². The second-order valence-corrected chi connectivity index (χ2v) is 4.91. The zero-order valence-corrected chi connectivity index (χ0v) is 12.2. The number of benzene rings is 1. The topological polar surface area (TPSA) is 64.2 Å². The van der Waals surface area contributed by atoms with E-state index in [-0.39, 0.29) is 17.9 Å². The Morgan fingerprint density at radius 3 is 2.81 bits per heavy atom. The molecule has 0 aliphatic carbocycles. The molecule has 5 nitrogen and oxygen atoms in total. The molecule has 0 bridgehead atoms. The van der Waals surface area contributed by atoms with Crippen LogP contribution < -0.4 is 16.2 Å². The SMILES string of the molecule is CCN(C)c1cnn(CC(N)c2cccc(F)c2)c(=O)c1. The van der Waals surface area contributed by atoms with Gasteiger partial charge in [0.25, 0.3) is 5.56 Å². The van der Waals surface area contributed by atoms with E-state index in [1.807, 2.05) is 18.9 Å². The smallest absolute Gasteiger partial charge is 0.268 e.